The van der Waals surface area contributed by atoms with Crippen LogP contribution in [0.3, 0.4) is 0 Å². The summed E-state index contributed by atoms with van der Waals surface area (Å²) in [6, 6.07) is 0. The molecule has 1 fully saturated rings. The quantitative estimate of drug-likeness (QED) is 0.685. The molecule has 1 atom stereocenters. The van der Waals surface area contributed by atoms with Gasteiger partial charge in [0.05, 0.1) is 19.3 Å². The van der Waals surface area contributed by atoms with E-state index in [1.165, 1.54) is 12.8 Å². The van der Waals surface area contributed by atoms with Crippen LogP contribution in [0, 0.1) is 0 Å². The van der Waals surface area contributed by atoms with E-state index in [1.807, 2.05) is 0 Å². The Morgan fingerprint density at radius 3 is 2.82 bits per heavy atom. The van der Waals surface area contributed by atoms with E-state index >= 15 is 0 Å². The molecule has 0 bridgehead atoms. The Kier molecular flexibility index (Phi) is 7.77. The van der Waals surface area contributed by atoms with Gasteiger partial charge < -0.3 is 9.84 Å². The van der Waals surface area contributed by atoms with Crippen molar-refractivity contribution >= 4 is 0 Å². The Morgan fingerprint density at radius 2 is 2.18 bits per heavy atom. The van der Waals surface area contributed by atoms with Crippen molar-refractivity contribution in [3.05, 3.63) is 0 Å². The topological polar surface area (TPSA) is 35.9 Å². The van der Waals surface area contributed by atoms with Gasteiger partial charge in [0.1, 0.15) is 0 Å². The number of rotatable bonds is 8. The second-order valence-electron chi connectivity index (χ2n) is 4.76. The summed E-state index contributed by atoms with van der Waals surface area (Å²) < 4.78 is 5.80. The van der Waals surface area contributed by atoms with Gasteiger partial charge in [-0.1, -0.05) is 20.3 Å². The fraction of sp³-hybridized carbons (Fsp3) is 1.00. The summed E-state index contributed by atoms with van der Waals surface area (Å²) in [6.07, 6.45) is 2.71. The molecular formula is C13H28N2O2. The third-order valence-corrected chi connectivity index (χ3v) is 3.38. The average molecular weight is 244 g/mol. The first-order chi connectivity index (χ1) is 8.30. The molecule has 0 aromatic rings. The number of unbranched alkanes of at least 4 members (excludes halogenated alkanes) is 1. The van der Waals surface area contributed by atoms with Gasteiger partial charge >= 0.3 is 0 Å². The van der Waals surface area contributed by atoms with E-state index in [1.54, 1.807) is 0 Å². The maximum absolute atomic E-state index is 9.07. The van der Waals surface area contributed by atoms with Crippen molar-refractivity contribution in [1.82, 2.24) is 9.80 Å². The number of ether oxygens (including phenoxy) is 1. The van der Waals surface area contributed by atoms with E-state index < -0.39 is 0 Å². The third-order valence-electron chi connectivity index (χ3n) is 3.38. The summed E-state index contributed by atoms with van der Waals surface area (Å²) in [4.78, 5) is 4.76. The molecule has 1 aliphatic rings. The van der Waals surface area contributed by atoms with Crippen LogP contribution in [0.2, 0.25) is 0 Å². The molecule has 4 nitrogen and oxygen atoms in total. The Morgan fingerprint density at radius 1 is 1.35 bits per heavy atom. The average Bonchev–Trinajstić information content (AvgIpc) is 2.36. The predicted octanol–water partition coefficient (Wildman–Crippen LogP) is 0.802. The number of nitrogens with zero attached hydrogens (tertiary/aromatic N) is 2. The first-order valence-electron chi connectivity index (χ1n) is 6.97. The highest BCUT2D eigenvalue weighted by Gasteiger charge is 2.21. The molecule has 17 heavy (non-hydrogen) atoms. The zero-order valence-electron chi connectivity index (χ0n) is 11.4. The second kappa shape index (κ2) is 8.86. The largest absolute Gasteiger partial charge is 0.395 e. The molecule has 1 unspecified atom stereocenters. The Bertz CT molecular complexity index is 188. The molecule has 0 amide bonds. The predicted molar refractivity (Wildman–Crippen MR) is 70.3 cm³/mol. The Hall–Kier alpha value is -0.160. The van der Waals surface area contributed by atoms with Crippen molar-refractivity contribution in [2.45, 2.75) is 32.8 Å². The van der Waals surface area contributed by atoms with E-state index in [0.29, 0.717) is 6.10 Å². The molecule has 0 spiro atoms. The summed E-state index contributed by atoms with van der Waals surface area (Å²) in [5, 5.41) is 9.07. The standard InChI is InChI=1S/C13H28N2O2/c1-3-5-6-15(7-9-16)12-13-11-14(4-2)8-10-17-13/h13,16H,3-12H2,1-2H3. The minimum absolute atomic E-state index is 0.244. The SMILES string of the molecule is CCCCN(CCO)CC1CN(CC)CCO1. The van der Waals surface area contributed by atoms with Gasteiger partial charge in [0, 0.05) is 26.2 Å². The molecule has 1 aliphatic heterocycles. The lowest BCUT2D eigenvalue weighted by atomic mass is 10.2. The highest BCUT2D eigenvalue weighted by molar-refractivity contribution is 4.74. The number of aliphatic hydroxyl groups is 1. The lowest BCUT2D eigenvalue weighted by Crippen LogP contribution is -2.48. The van der Waals surface area contributed by atoms with Crippen LogP contribution in [0.1, 0.15) is 26.7 Å². The van der Waals surface area contributed by atoms with E-state index in [0.717, 1.165) is 45.9 Å². The van der Waals surface area contributed by atoms with Gasteiger partial charge in [-0.3, -0.25) is 9.80 Å². The Balaban J connectivity index is 2.31. The second-order valence-corrected chi connectivity index (χ2v) is 4.76. The summed E-state index contributed by atoms with van der Waals surface area (Å²) in [6.45, 7) is 11.5. The van der Waals surface area contributed by atoms with Gasteiger partial charge in [0.2, 0.25) is 0 Å². The zero-order valence-corrected chi connectivity index (χ0v) is 11.4. The number of aliphatic hydroxyl groups excluding tert-OH is 1. The number of morpholine rings is 1. The minimum Gasteiger partial charge on any atom is -0.395 e. The smallest absolute Gasteiger partial charge is 0.0829 e. The number of hydrogen-bond acceptors (Lipinski definition) is 4. The van der Waals surface area contributed by atoms with E-state index in [4.69, 9.17) is 9.84 Å². The van der Waals surface area contributed by atoms with Crippen molar-refractivity contribution in [2.75, 3.05) is 52.5 Å². The molecule has 0 aromatic heterocycles. The van der Waals surface area contributed by atoms with E-state index in [9.17, 15) is 0 Å². The van der Waals surface area contributed by atoms with Crippen LogP contribution in [0.4, 0.5) is 0 Å². The molecule has 0 aromatic carbocycles. The van der Waals surface area contributed by atoms with Gasteiger partial charge in [-0.25, -0.2) is 0 Å². The molecule has 0 saturated carbocycles. The van der Waals surface area contributed by atoms with Gasteiger partial charge in [-0.2, -0.15) is 0 Å². The maximum atomic E-state index is 9.07. The monoisotopic (exact) mass is 244 g/mol. The fourth-order valence-corrected chi connectivity index (χ4v) is 2.28. The van der Waals surface area contributed by atoms with Crippen molar-refractivity contribution < 1.29 is 9.84 Å². The van der Waals surface area contributed by atoms with Crippen LogP contribution in [0.5, 0.6) is 0 Å². The molecule has 0 radical (unpaired) electrons. The van der Waals surface area contributed by atoms with Crippen molar-refractivity contribution in [3.8, 4) is 0 Å². The molecule has 1 heterocycles. The van der Waals surface area contributed by atoms with Crippen LogP contribution < -0.4 is 0 Å². The highest BCUT2D eigenvalue weighted by Crippen LogP contribution is 2.07. The summed E-state index contributed by atoms with van der Waals surface area (Å²) >= 11 is 0. The molecular weight excluding hydrogens is 216 g/mol. The van der Waals surface area contributed by atoms with Crippen LogP contribution in [0.25, 0.3) is 0 Å². The normalized spacial score (nSPS) is 22.2. The molecule has 1 rings (SSSR count). The van der Waals surface area contributed by atoms with E-state index in [-0.39, 0.29) is 6.61 Å². The van der Waals surface area contributed by atoms with E-state index in [2.05, 4.69) is 23.6 Å². The van der Waals surface area contributed by atoms with Crippen molar-refractivity contribution in [3.63, 3.8) is 0 Å². The van der Waals surface area contributed by atoms with Gasteiger partial charge in [-0.05, 0) is 19.5 Å². The zero-order chi connectivity index (χ0) is 12.5. The molecule has 1 N–H and O–H groups in total. The molecule has 102 valence electrons. The van der Waals surface area contributed by atoms with Gasteiger partial charge in [0.15, 0.2) is 0 Å². The summed E-state index contributed by atoms with van der Waals surface area (Å²) in [5.41, 5.74) is 0. The van der Waals surface area contributed by atoms with Gasteiger partial charge in [0.25, 0.3) is 0 Å². The Labute approximate surface area is 106 Å². The highest BCUT2D eigenvalue weighted by atomic mass is 16.5. The molecule has 4 heteroatoms. The van der Waals surface area contributed by atoms with Crippen LogP contribution in [0.15, 0.2) is 0 Å². The first kappa shape index (κ1) is 14.9. The summed E-state index contributed by atoms with van der Waals surface area (Å²) in [7, 11) is 0. The lowest BCUT2D eigenvalue weighted by Gasteiger charge is -2.35. The number of likely N-dealkylation sites (N-methyl/N-ethyl adjacent to an activating group) is 1. The summed E-state index contributed by atoms with van der Waals surface area (Å²) in [5.74, 6) is 0. The van der Waals surface area contributed by atoms with Crippen LogP contribution >= 0.6 is 0 Å². The number of hydrogen-bond donors (Lipinski definition) is 1. The van der Waals surface area contributed by atoms with Crippen LogP contribution in [-0.4, -0.2) is 73.5 Å². The fourth-order valence-electron chi connectivity index (χ4n) is 2.28. The third kappa shape index (κ3) is 5.82. The maximum Gasteiger partial charge on any atom is 0.0829 e. The van der Waals surface area contributed by atoms with Crippen molar-refractivity contribution in [1.29, 1.82) is 0 Å². The van der Waals surface area contributed by atoms with Gasteiger partial charge in [-0.15, -0.1) is 0 Å². The lowest BCUT2D eigenvalue weighted by molar-refractivity contribution is -0.0432. The molecule has 1 saturated heterocycles. The first-order valence-corrected chi connectivity index (χ1v) is 6.97. The van der Waals surface area contributed by atoms with Crippen LogP contribution in [-0.2, 0) is 4.74 Å². The molecule has 0 aliphatic carbocycles. The minimum atomic E-state index is 0.244. The van der Waals surface area contributed by atoms with Crippen molar-refractivity contribution in [2.24, 2.45) is 0 Å².